The Morgan fingerprint density at radius 3 is 2.12 bits per heavy atom. The molecule has 0 spiro atoms. The van der Waals surface area contributed by atoms with Crippen molar-refractivity contribution in [2.24, 2.45) is 0 Å². The maximum atomic E-state index is 13.1. The normalized spacial score (nSPS) is 18.4. The number of carbonyl (C=O) groups excluding carboxylic acids is 1. The lowest BCUT2D eigenvalue weighted by atomic mass is 10.0. The van der Waals surface area contributed by atoms with E-state index in [1.54, 1.807) is 24.3 Å². The fourth-order valence-corrected chi connectivity index (χ4v) is 3.28. The van der Waals surface area contributed by atoms with Gasteiger partial charge in [0, 0.05) is 13.1 Å². The van der Waals surface area contributed by atoms with Gasteiger partial charge in [-0.3, -0.25) is 4.79 Å². The number of amides is 1. The molecule has 5 nitrogen and oxygen atoms in total. The highest BCUT2D eigenvalue weighted by atomic mass is 19.4. The Hall–Kier alpha value is -2.79. The van der Waals surface area contributed by atoms with Crippen LogP contribution in [-0.4, -0.2) is 37.4 Å². The molecule has 1 aliphatic rings. The molecule has 0 saturated carbocycles. The summed E-state index contributed by atoms with van der Waals surface area (Å²) in [6, 6.07) is 8.16. The van der Waals surface area contributed by atoms with E-state index in [9.17, 15) is 31.1 Å². The average molecular weight is 477 g/mol. The highest BCUT2D eigenvalue weighted by Gasteiger charge is 2.38. The number of alkyl halides is 6. The minimum Gasteiger partial charge on any atom is -0.497 e. The van der Waals surface area contributed by atoms with E-state index in [1.165, 1.54) is 18.9 Å². The van der Waals surface area contributed by atoms with Crippen LogP contribution in [-0.2, 0) is 33.2 Å². The fraction of sp³-hybridized carbons (Fsp3) is 0.409. The number of rotatable bonds is 6. The molecule has 2 aromatic carbocycles. The van der Waals surface area contributed by atoms with Crippen LogP contribution in [0.5, 0.6) is 5.75 Å². The topological polar surface area (TPSA) is 48.0 Å². The minimum atomic E-state index is -4.98. The number of morpholine rings is 1. The molecule has 33 heavy (non-hydrogen) atoms. The summed E-state index contributed by atoms with van der Waals surface area (Å²) in [5.41, 5.74) is -2.49. The van der Waals surface area contributed by atoms with Gasteiger partial charge in [-0.2, -0.15) is 26.3 Å². The van der Waals surface area contributed by atoms with E-state index in [-0.39, 0.29) is 31.3 Å². The number of carbonyl (C=O) groups is 1. The lowest BCUT2D eigenvalue weighted by molar-refractivity contribution is -0.209. The van der Waals surface area contributed by atoms with Gasteiger partial charge in [0.15, 0.2) is 0 Å². The highest BCUT2D eigenvalue weighted by Crippen LogP contribution is 2.38. The van der Waals surface area contributed by atoms with E-state index in [2.05, 4.69) is 0 Å². The smallest absolute Gasteiger partial charge is 0.416 e. The van der Waals surface area contributed by atoms with E-state index in [4.69, 9.17) is 14.2 Å². The largest absolute Gasteiger partial charge is 0.497 e. The van der Waals surface area contributed by atoms with E-state index in [0.717, 1.165) is 5.56 Å². The van der Waals surface area contributed by atoms with Crippen LogP contribution in [0, 0.1) is 0 Å². The molecule has 1 aliphatic heterocycles. The summed E-state index contributed by atoms with van der Waals surface area (Å²) in [6.07, 6.45) is -12.7. The molecule has 2 atom stereocenters. The second-order valence-corrected chi connectivity index (χ2v) is 7.43. The molecule has 2 aromatic rings. The van der Waals surface area contributed by atoms with Crippen molar-refractivity contribution in [3.05, 3.63) is 64.7 Å². The molecule has 1 heterocycles. The van der Waals surface area contributed by atoms with Crippen molar-refractivity contribution in [1.29, 1.82) is 0 Å². The Kier molecular flexibility index (Phi) is 7.23. The van der Waals surface area contributed by atoms with Crippen molar-refractivity contribution in [3.8, 4) is 5.75 Å². The number of methoxy groups -OCH3 is 1. The van der Waals surface area contributed by atoms with Gasteiger partial charge in [0.2, 0.25) is 6.29 Å². The highest BCUT2D eigenvalue weighted by molar-refractivity contribution is 5.80. The molecule has 1 fully saturated rings. The predicted molar refractivity (Wildman–Crippen MR) is 104 cm³/mol. The number of hydrogen-bond donors (Lipinski definition) is 0. The molecule has 1 amide bonds. The van der Waals surface area contributed by atoms with E-state index in [0.29, 0.717) is 17.9 Å². The maximum Gasteiger partial charge on any atom is 0.416 e. The second-order valence-electron chi connectivity index (χ2n) is 7.43. The molecule has 1 saturated heterocycles. The van der Waals surface area contributed by atoms with Gasteiger partial charge in [-0.25, -0.2) is 0 Å². The summed E-state index contributed by atoms with van der Waals surface area (Å²) in [5.74, 6) is 0.0633. The van der Waals surface area contributed by atoms with Gasteiger partial charge in [-0.1, -0.05) is 12.1 Å². The molecule has 0 bridgehead atoms. The van der Waals surface area contributed by atoms with E-state index in [1.807, 2.05) is 0 Å². The Bertz CT molecular complexity index is 942. The molecule has 180 valence electrons. The van der Waals surface area contributed by atoms with E-state index >= 15 is 0 Å². The quantitative estimate of drug-likeness (QED) is 0.537. The zero-order chi connectivity index (χ0) is 24.4. The maximum absolute atomic E-state index is 13.1. The van der Waals surface area contributed by atoms with Crippen LogP contribution in [0.2, 0.25) is 0 Å². The van der Waals surface area contributed by atoms with Crippen molar-refractivity contribution in [1.82, 2.24) is 4.90 Å². The second kappa shape index (κ2) is 9.60. The third-order valence-electron chi connectivity index (χ3n) is 5.08. The van der Waals surface area contributed by atoms with Gasteiger partial charge < -0.3 is 19.1 Å². The minimum absolute atomic E-state index is 0.0368. The van der Waals surface area contributed by atoms with Gasteiger partial charge in [0.1, 0.15) is 5.75 Å². The average Bonchev–Trinajstić information content (AvgIpc) is 2.75. The summed E-state index contributed by atoms with van der Waals surface area (Å²) in [6.45, 7) is 1.83. The lowest BCUT2D eigenvalue weighted by Crippen LogP contribution is -2.48. The number of benzene rings is 2. The van der Waals surface area contributed by atoms with Gasteiger partial charge in [0.25, 0.3) is 5.91 Å². The Labute approximate surface area is 185 Å². The van der Waals surface area contributed by atoms with Crippen molar-refractivity contribution >= 4 is 5.91 Å². The van der Waals surface area contributed by atoms with Crippen LogP contribution < -0.4 is 4.74 Å². The van der Waals surface area contributed by atoms with Crippen LogP contribution in [0.15, 0.2) is 42.5 Å². The fourth-order valence-electron chi connectivity index (χ4n) is 3.28. The molecular formula is C22H21F6NO4. The Morgan fingerprint density at radius 2 is 1.61 bits per heavy atom. The summed E-state index contributed by atoms with van der Waals surface area (Å²) >= 11 is 0. The molecule has 3 rings (SSSR count). The zero-order valence-corrected chi connectivity index (χ0v) is 17.7. The molecule has 0 aromatic heterocycles. The first-order valence-corrected chi connectivity index (χ1v) is 9.86. The Morgan fingerprint density at radius 1 is 1.03 bits per heavy atom. The zero-order valence-electron chi connectivity index (χ0n) is 17.7. The number of nitrogens with zero attached hydrogens (tertiary/aromatic N) is 1. The van der Waals surface area contributed by atoms with Crippen molar-refractivity contribution < 1.29 is 45.3 Å². The summed E-state index contributed by atoms with van der Waals surface area (Å²) in [4.78, 5) is 14.2. The SMILES string of the molecule is COc1ccc(CN2CCO[C@H](O[C@H](C)c3cc(C(F)(F)F)cc(C(F)(F)F)c3)C2=O)cc1. The first-order valence-electron chi connectivity index (χ1n) is 9.86. The van der Waals surface area contributed by atoms with E-state index < -0.39 is 41.8 Å². The van der Waals surface area contributed by atoms with Gasteiger partial charge in [-0.15, -0.1) is 0 Å². The van der Waals surface area contributed by atoms with Crippen LogP contribution in [0.4, 0.5) is 26.3 Å². The summed E-state index contributed by atoms with van der Waals surface area (Å²) in [7, 11) is 1.52. The summed E-state index contributed by atoms with van der Waals surface area (Å²) in [5, 5.41) is 0. The standard InChI is InChI=1S/C22H21F6NO4/c1-13(15-9-16(21(23,24)25)11-17(10-15)22(26,27)28)33-20-19(30)29(7-8-32-20)12-14-3-5-18(31-2)6-4-14/h3-6,9-11,13,20H,7-8,12H2,1-2H3/t13-,20-/m1/s1. The Balaban J connectivity index is 1.76. The van der Waals surface area contributed by atoms with Crippen molar-refractivity contribution in [2.75, 3.05) is 20.3 Å². The molecule has 11 heteroatoms. The molecule has 0 N–H and O–H groups in total. The molecule has 0 aliphatic carbocycles. The molecular weight excluding hydrogens is 456 g/mol. The van der Waals surface area contributed by atoms with Crippen LogP contribution in [0.1, 0.15) is 35.3 Å². The number of halogens is 6. The van der Waals surface area contributed by atoms with Crippen molar-refractivity contribution in [3.63, 3.8) is 0 Å². The monoisotopic (exact) mass is 477 g/mol. The first kappa shape index (κ1) is 24.8. The van der Waals surface area contributed by atoms with Gasteiger partial charge in [0.05, 0.1) is 30.9 Å². The van der Waals surface area contributed by atoms with Crippen molar-refractivity contribution in [2.45, 2.75) is 38.2 Å². The molecule has 0 unspecified atom stereocenters. The number of ether oxygens (including phenoxy) is 3. The summed E-state index contributed by atoms with van der Waals surface area (Å²) < 4.78 is 94.6. The third-order valence-corrected chi connectivity index (χ3v) is 5.08. The van der Waals surface area contributed by atoms with Gasteiger partial charge in [-0.05, 0) is 48.4 Å². The predicted octanol–water partition coefficient (Wildman–Crippen LogP) is 5.20. The lowest BCUT2D eigenvalue weighted by Gasteiger charge is -2.33. The van der Waals surface area contributed by atoms with Gasteiger partial charge >= 0.3 is 12.4 Å². The molecule has 0 radical (unpaired) electrons. The first-order chi connectivity index (χ1) is 15.4. The third kappa shape index (κ3) is 6.17. The van der Waals surface area contributed by atoms with Crippen LogP contribution in [0.25, 0.3) is 0 Å². The number of hydrogen-bond acceptors (Lipinski definition) is 4. The van der Waals surface area contributed by atoms with Crippen LogP contribution >= 0.6 is 0 Å². The van der Waals surface area contributed by atoms with Crippen LogP contribution in [0.3, 0.4) is 0 Å².